The molecular weight excluding hydrogens is 266 g/mol. The van der Waals surface area contributed by atoms with Gasteiger partial charge < -0.3 is 15.2 Å². The number of benzene rings is 1. The molecule has 1 saturated carbocycles. The molecule has 0 radical (unpaired) electrons. The molecule has 2 rings (SSSR count). The van der Waals surface area contributed by atoms with Gasteiger partial charge in [0.25, 0.3) is 0 Å². The van der Waals surface area contributed by atoms with E-state index >= 15 is 0 Å². The highest BCUT2D eigenvalue weighted by molar-refractivity contribution is 5.79. The van der Waals surface area contributed by atoms with Crippen molar-refractivity contribution in [3.05, 3.63) is 29.3 Å². The second-order valence-electron chi connectivity index (χ2n) is 6.04. The highest BCUT2D eigenvalue weighted by Gasteiger charge is 2.46. The lowest BCUT2D eigenvalue weighted by Gasteiger charge is -2.26. The minimum atomic E-state index is -0.819. The van der Waals surface area contributed by atoms with Crippen LogP contribution in [0.2, 0.25) is 0 Å². The summed E-state index contributed by atoms with van der Waals surface area (Å²) in [5.41, 5.74) is 1.61. The van der Waals surface area contributed by atoms with E-state index in [0.717, 1.165) is 25.1 Å². The number of ether oxygens (including phenoxy) is 1. The Morgan fingerprint density at radius 1 is 1.43 bits per heavy atom. The molecular formula is C17H25NO3. The van der Waals surface area contributed by atoms with E-state index in [1.54, 1.807) is 0 Å². The van der Waals surface area contributed by atoms with Gasteiger partial charge in [0.05, 0.1) is 0 Å². The molecule has 2 unspecified atom stereocenters. The van der Waals surface area contributed by atoms with E-state index in [4.69, 9.17) is 4.74 Å². The SMILES string of the molecule is CCCNC1(C(=O)O)CCC(Oc2ccc(C)c(C)c2)C1. The van der Waals surface area contributed by atoms with E-state index in [0.29, 0.717) is 12.8 Å². The van der Waals surface area contributed by atoms with Crippen LogP contribution >= 0.6 is 0 Å². The molecule has 2 atom stereocenters. The zero-order valence-electron chi connectivity index (χ0n) is 13.1. The summed E-state index contributed by atoms with van der Waals surface area (Å²) in [7, 11) is 0. The van der Waals surface area contributed by atoms with Crippen molar-refractivity contribution in [2.45, 2.75) is 58.1 Å². The van der Waals surface area contributed by atoms with Crippen molar-refractivity contribution < 1.29 is 14.6 Å². The average Bonchev–Trinajstić information content (AvgIpc) is 2.85. The van der Waals surface area contributed by atoms with Crippen LogP contribution in [0.15, 0.2) is 18.2 Å². The lowest BCUT2D eigenvalue weighted by atomic mass is 9.97. The topological polar surface area (TPSA) is 58.6 Å². The molecule has 21 heavy (non-hydrogen) atoms. The van der Waals surface area contributed by atoms with Gasteiger partial charge in [0, 0.05) is 6.42 Å². The van der Waals surface area contributed by atoms with Crippen molar-refractivity contribution in [3.63, 3.8) is 0 Å². The van der Waals surface area contributed by atoms with Gasteiger partial charge >= 0.3 is 5.97 Å². The molecule has 1 fully saturated rings. The van der Waals surface area contributed by atoms with Crippen LogP contribution in [-0.4, -0.2) is 29.3 Å². The molecule has 1 aliphatic rings. The molecule has 4 nitrogen and oxygen atoms in total. The van der Waals surface area contributed by atoms with Crippen LogP contribution in [0.4, 0.5) is 0 Å². The number of hydrogen-bond acceptors (Lipinski definition) is 3. The molecule has 0 aromatic heterocycles. The number of carboxylic acid groups (broad SMARTS) is 1. The van der Waals surface area contributed by atoms with Crippen LogP contribution in [0.3, 0.4) is 0 Å². The monoisotopic (exact) mass is 291 g/mol. The molecule has 0 bridgehead atoms. The van der Waals surface area contributed by atoms with Gasteiger partial charge in [-0.15, -0.1) is 0 Å². The largest absolute Gasteiger partial charge is 0.490 e. The predicted molar refractivity (Wildman–Crippen MR) is 82.8 cm³/mol. The number of rotatable bonds is 6. The molecule has 116 valence electrons. The number of hydrogen-bond donors (Lipinski definition) is 2. The third-order valence-electron chi connectivity index (χ3n) is 4.37. The number of carboxylic acids is 1. The highest BCUT2D eigenvalue weighted by Crippen LogP contribution is 2.33. The van der Waals surface area contributed by atoms with Crippen molar-refractivity contribution in [2.75, 3.05) is 6.54 Å². The zero-order chi connectivity index (χ0) is 15.5. The third-order valence-corrected chi connectivity index (χ3v) is 4.37. The maximum atomic E-state index is 11.6. The highest BCUT2D eigenvalue weighted by atomic mass is 16.5. The summed E-state index contributed by atoms with van der Waals surface area (Å²) in [4.78, 5) is 11.6. The molecule has 4 heteroatoms. The molecule has 0 amide bonds. The Morgan fingerprint density at radius 2 is 2.19 bits per heavy atom. The van der Waals surface area contributed by atoms with E-state index in [2.05, 4.69) is 19.2 Å². The third kappa shape index (κ3) is 3.56. The number of carbonyl (C=O) groups is 1. The molecule has 0 heterocycles. The van der Waals surface area contributed by atoms with Crippen LogP contribution < -0.4 is 10.1 Å². The Kier molecular flexibility index (Phi) is 4.88. The Labute approximate surface area is 126 Å². The molecule has 0 spiro atoms. The minimum Gasteiger partial charge on any atom is -0.490 e. The summed E-state index contributed by atoms with van der Waals surface area (Å²) in [6.45, 7) is 6.89. The Morgan fingerprint density at radius 3 is 2.81 bits per heavy atom. The number of nitrogens with one attached hydrogen (secondary N) is 1. The summed E-state index contributed by atoms with van der Waals surface area (Å²) < 4.78 is 5.99. The summed E-state index contributed by atoms with van der Waals surface area (Å²) in [6.07, 6.45) is 2.81. The molecule has 1 aromatic rings. The molecule has 0 aliphatic heterocycles. The fraction of sp³-hybridized carbons (Fsp3) is 0.588. The van der Waals surface area contributed by atoms with Crippen LogP contribution in [0.5, 0.6) is 5.75 Å². The smallest absolute Gasteiger partial charge is 0.324 e. The second-order valence-corrected chi connectivity index (χ2v) is 6.04. The van der Waals surface area contributed by atoms with Crippen molar-refractivity contribution in [1.29, 1.82) is 0 Å². The van der Waals surface area contributed by atoms with Gasteiger partial charge in [-0.2, -0.15) is 0 Å². The predicted octanol–water partition coefficient (Wildman–Crippen LogP) is 3.06. The molecule has 0 saturated heterocycles. The van der Waals surface area contributed by atoms with Crippen LogP contribution in [0, 0.1) is 13.8 Å². The normalized spacial score (nSPS) is 25.0. The minimum absolute atomic E-state index is 0.0347. The van der Waals surface area contributed by atoms with E-state index < -0.39 is 11.5 Å². The number of aliphatic carboxylic acids is 1. The van der Waals surface area contributed by atoms with Gasteiger partial charge in [0.2, 0.25) is 0 Å². The van der Waals surface area contributed by atoms with Gasteiger partial charge in [-0.25, -0.2) is 0 Å². The van der Waals surface area contributed by atoms with Crippen molar-refractivity contribution in [3.8, 4) is 5.75 Å². The Balaban J connectivity index is 2.03. The van der Waals surface area contributed by atoms with E-state index in [-0.39, 0.29) is 6.10 Å². The maximum absolute atomic E-state index is 11.6. The fourth-order valence-corrected chi connectivity index (χ4v) is 2.88. The first kappa shape index (κ1) is 15.8. The second kappa shape index (κ2) is 6.48. The first-order valence-electron chi connectivity index (χ1n) is 7.69. The summed E-state index contributed by atoms with van der Waals surface area (Å²) in [6, 6.07) is 6.03. The quantitative estimate of drug-likeness (QED) is 0.845. The van der Waals surface area contributed by atoms with E-state index in [1.165, 1.54) is 11.1 Å². The van der Waals surface area contributed by atoms with Crippen molar-refractivity contribution >= 4 is 5.97 Å². The Hall–Kier alpha value is -1.55. The van der Waals surface area contributed by atoms with Gasteiger partial charge in [-0.05, 0) is 62.9 Å². The van der Waals surface area contributed by atoms with Gasteiger partial charge in [-0.3, -0.25) is 4.79 Å². The lowest BCUT2D eigenvalue weighted by molar-refractivity contribution is -0.144. The van der Waals surface area contributed by atoms with E-state index in [1.807, 2.05) is 25.1 Å². The summed E-state index contributed by atoms with van der Waals surface area (Å²) in [5, 5.41) is 12.7. The maximum Gasteiger partial charge on any atom is 0.324 e. The van der Waals surface area contributed by atoms with Crippen LogP contribution in [0.25, 0.3) is 0 Å². The van der Waals surface area contributed by atoms with Gasteiger partial charge in [-0.1, -0.05) is 13.0 Å². The Bertz CT molecular complexity index is 515. The lowest BCUT2D eigenvalue weighted by Crippen LogP contribution is -2.50. The summed E-state index contributed by atoms with van der Waals surface area (Å²) in [5.74, 6) is 0.0712. The standard InChI is InChI=1S/C17H25NO3/c1-4-9-18-17(16(19)20)8-7-15(11-17)21-14-6-5-12(2)13(3)10-14/h5-6,10,15,18H,4,7-9,11H2,1-3H3,(H,19,20). The molecule has 1 aromatic carbocycles. The van der Waals surface area contributed by atoms with Crippen LogP contribution in [-0.2, 0) is 4.79 Å². The van der Waals surface area contributed by atoms with Crippen molar-refractivity contribution in [1.82, 2.24) is 5.32 Å². The molecule has 1 aliphatic carbocycles. The van der Waals surface area contributed by atoms with Crippen molar-refractivity contribution in [2.24, 2.45) is 0 Å². The first-order chi connectivity index (χ1) is 9.97. The first-order valence-corrected chi connectivity index (χ1v) is 7.69. The van der Waals surface area contributed by atoms with Gasteiger partial charge in [0.15, 0.2) is 0 Å². The zero-order valence-corrected chi connectivity index (χ0v) is 13.1. The number of aryl methyl sites for hydroxylation is 2. The van der Waals surface area contributed by atoms with Crippen LogP contribution in [0.1, 0.15) is 43.7 Å². The van der Waals surface area contributed by atoms with Gasteiger partial charge in [0.1, 0.15) is 17.4 Å². The van der Waals surface area contributed by atoms with E-state index in [9.17, 15) is 9.90 Å². The molecule has 2 N–H and O–H groups in total. The fourth-order valence-electron chi connectivity index (χ4n) is 2.88. The average molecular weight is 291 g/mol. The summed E-state index contributed by atoms with van der Waals surface area (Å²) >= 11 is 0.